The largest absolute Gasteiger partial charge is 0.358 e. The first-order valence-electron chi connectivity index (χ1n) is 7.27. The Bertz CT molecular complexity index is 866. The van der Waals surface area contributed by atoms with Crippen LogP contribution in [0.4, 0.5) is 4.39 Å². The summed E-state index contributed by atoms with van der Waals surface area (Å²) in [4.78, 5) is 15.1. The number of nitrogens with one attached hydrogen (secondary N) is 2. The third-order valence-electron chi connectivity index (χ3n) is 3.60. The van der Waals surface area contributed by atoms with Gasteiger partial charge in [0.2, 0.25) is 5.91 Å². The SMILES string of the molecule is Cc1[nH]c2ccccc2c1/C=N/NC(=O)Cc1ccc(F)cc1. The van der Waals surface area contributed by atoms with E-state index in [2.05, 4.69) is 15.5 Å². The molecular formula is C18H16FN3O. The number of hydrogen-bond acceptors (Lipinski definition) is 2. The molecule has 3 rings (SSSR count). The molecule has 0 aliphatic carbocycles. The van der Waals surface area contributed by atoms with Gasteiger partial charge in [-0.15, -0.1) is 0 Å². The molecule has 0 aliphatic rings. The number of aromatic amines is 1. The smallest absolute Gasteiger partial charge is 0.244 e. The Morgan fingerprint density at radius 1 is 1.22 bits per heavy atom. The number of carbonyl (C=O) groups is 1. The highest BCUT2D eigenvalue weighted by molar-refractivity contribution is 6.00. The Kier molecular flexibility index (Phi) is 4.19. The maximum Gasteiger partial charge on any atom is 0.244 e. The first-order valence-corrected chi connectivity index (χ1v) is 7.27. The molecule has 2 N–H and O–H groups in total. The van der Waals surface area contributed by atoms with Crippen molar-refractivity contribution in [1.82, 2.24) is 10.4 Å². The van der Waals surface area contributed by atoms with Crippen molar-refractivity contribution in [3.8, 4) is 0 Å². The molecule has 0 aliphatic heterocycles. The number of nitrogens with zero attached hydrogens (tertiary/aromatic N) is 1. The summed E-state index contributed by atoms with van der Waals surface area (Å²) in [7, 11) is 0. The lowest BCUT2D eigenvalue weighted by Gasteiger charge is -2.00. The van der Waals surface area contributed by atoms with Crippen molar-refractivity contribution in [2.24, 2.45) is 5.10 Å². The molecule has 1 amide bonds. The van der Waals surface area contributed by atoms with Crippen molar-refractivity contribution in [3.05, 3.63) is 71.2 Å². The van der Waals surface area contributed by atoms with E-state index in [9.17, 15) is 9.18 Å². The lowest BCUT2D eigenvalue weighted by atomic mass is 10.1. The van der Waals surface area contributed by atoms with Crippen LogP contribution in [0.25, 0.3) is 10.9 Å². The van der Waals surface area contributed by atoms with Crippen LogP contribution < -0.4 is 5.43 Å². The third kappa shape index (κ3) is 3.45. The van der Waals surface area contributed by atoms with Gasteiger partial charge in [0.1, 0.15) is 5.82 Å². The average molecular weight is 309 g/mol. The van der Waals surface area contributed by atoms with E-state index in [0.717, 1.165) is 27.7 Å². The lowest BCUT2D eigenvalue weighted by Crippen LogP contribution is -2.19. The predicted molar refractivity (Wildman–Crippen MR) is 88.9 cm³/mol. The van der Waals surface area contributed by atoms with E-state index < -0.39 is 0 Å². The van der Waals surface area contributed by atoms with Gasteiger partial charge in [-0.3, -0.25) is 4.79 Å². The van der Waals surface area contributed by atoms with E-state index in [4.69, 9.17) is 0 Å². The van der Waals surface area contributed by atoms with Crippen molar-refractivity contribution < 1.29 is 9.18 Å². The molecule has 0 atom stereocenters. The highest BCUT2D eigenvalue weighted by atomic mass is 19.1. The number of aryl methyl sites for hydroxylation is 1. The normalized spacial score (nSPS) is 11.2. The fourth-order valence-electron chi connectivity index (χ4n) is 2.46. The first-order chi connectivity index (χ1) is 11.1. The van der Waals surface area contributed by atoms with Crippen LogP contribution in [0.2, 0.25) is 0 Å². The zero-order chi connectivity index (χ0) is 16.2. The number of hydrogen-bond donors (Lipinski definition) is 2. The van der Waals surface area contributed by atoms with Crippen LogP contribution in [0.3, 0.4) is 0 Å². The van der Waals surface area contributed by atoms with Crippen molar-refractivity contribution >= 4 is 23.0 Å². The number of hydrazone groups is 1. The molecule has 0 saturated carbocycles. The molecule has 0 spiro atoms. The molecule has 0 fully saturated rings. The van der Waals surface area contributed by atoms with Gasteiger partial charge in [-0.05, 0) is 30.7 Å². The van der Waals surface area contributed by atoms with Crippen LogP contribution in [-0.2, 0) is 11.2 Å². The van der Waals surface area contributed by atoms with E-state index >= 15 is 0 Å². The quantitative estimate of drug-likeness (QED) is 0.564. The number of para-hydroxylation sites is 1. The number of carbonyl (C=O) groups excluding carboxylic acids is 1. The second-order valence-electron chi connectivity index (χ2n) is 5.31. The average Bonchev–Trinajstić information content (AvgIpc) is 2.86. The summed E-state index contributed by atoms with van der Waals surface area (Å²) in [5.41, 5.74) is 6.20. The second-order valence-corrected chi connectivity index (χ2v) is 5.31. The minimum Gasteiger partial charge on any atom is -0.358 e. The van der Waals surface area contributed by atoms with E-state index in [0.29, 0.717) is 0 Å². The molecular weight excluding hydrogens is 293 g/mol. The Balaban J connectivity index is 1.67. The van der Waals surface area contributed by atoms with Gasteiger partial charge < -0.3 is 4.98 Å². The summed E-state index contributed by atoms with van der Waals surface area (Å²) in [5, 5.41) is 5.08. The minimum absolute atomic E-state index is 0.157. The summed E-state index contributed by atoms with van der Waals surface area (Å²) in [6, 6.07) is 13.8. The predicted octanol–water partition coefficient (Wildman–Crippen LogP) is 3.31. The van der Waals surface area contributed by atoms with Crippen LogP contribution in [0, 0.1) is 12.7 Å². The summed E-state index contributed by atoms with van der Waals surface area (Å²) in [6.07, 6.45) is 1.79. The monoisotopic (exact) mass is 309 g/mol. The van der Waals surface area contributed by atoms with Gasteiger partial charge in [-0.25, -0.2) is 9.82 Å². The maximum absolute atomic E-state index is 12.8. The Hall–Kier alpha value is -2.95. The molecule has 0 saturated heterocycles. The molecule has 0 unspecified atom stereocenters. The summed E-state index contributed by atoms with van der Waals surface area (Å²) >= 11 is 0. The van der Waals surface area contributed by atoms with Gasteiger partial charge in [0.25, 0.3) is 0 Å². The maximum atomic E-state index is 12.8. The number of amides is 1. The van der Waals surface area contributed by atoms with Crippen LogP contribution in [0.5, 0.6) is 0 Å². The van der Waals surface area contributed by atoms with E-state index in [1.54, 1.807) is 18.3 Å². The first kappa shape index (κ1) is 15.0. The van der Waals surface area contributed by atoms with Crippen molar-refractivity contribution in [2.75, 3.05) is 0 Å². The zero-order valence-electron chi connectivity index (χ0n) is 12.6. The highest BCUT2D eigenvalue weighted by Crippen LogP contribution is 2.19. The van der Waals surface area contributed by atoms with Crippen molar-refractivity contribution in [3.63, 3.8) is 0 Å². The fraction of sp³-hybridized carbons (Fsp3) is 0.111. The lowest BCUT2D eigenvalue weighted by molar-refractivity contribution is -0.120. The molecule has 3 aromatic rings. The Labute approximate surface area is 133 Å². The Morgan fingerprint density at radius 3 is 2.74 bits per heavy atom. The van der Waals surface area contributed by atoms with Crippen molar-refractivity contribution in [1.29, 1.82) is 0 Å². The zero-order valence-corrected chi connectivity index (χ0v) is 12.6. The van der Waals surface area contributed by atoms with E-state index in [1.807, 2.05) is 31.2 Å². The highest BCUT2D eigenvalue weighted by Gasteiger charge is 2.06. The van der Waals surface area contributed by atoms with Crippen LogP contribution in [0.15, 0.2) is 53.6 Å². The number of halogens is 1. The van der Waals surface area contributed by atoms with Gasteiger partial charge in [-0.2, -0.15) is 5.10 Å². The van der Waals surface area contributed by atoms with Gasteiger partial charge in [0.15, 0.2) is 0 Å². The number of benzene rings is 2. The Morgan fingerprint density at radius 2 is 1.96 bits per heavy atom. The van der Waals surface area contributed by atoms with Gasteiger partial charge in [0.05, 0.1) is 12.6 Å². The summed E-state index contributed by atoms with van der Waals surface area (Å²) < 4.78 is 12.8. The molecule has 1 aromatic heterocycles. The van der Waals surface area contributed by atoms with E-state index in [-0.39, 0.29) is 18.1 Å². The molecule has 116 valence electrons. The van der Waals surface area contributed by atoms with Crippen molar-refractivity contribution in [2.45, 2.75) is 13.3 Å². The van der Waals surface area contributed by atoms with Crippen LogP contribution >= 0.6 is 0 Å². The third-order valence-corrected chi connectivity index (χ3v) is 3.60. The summed E-state index contributed by atoms with van der Waals surface area (Å²) in [5.74, 6) is -0.563. The number of fused-ring (bicyclic) bond motifs is 1. The molecule has 0 bridgehead atoms. The number of aromatic nitrogens is 1. The molecule has 0 radical (unpaired) electrons. The molecule has 5 heteroatoms. The molecule has 2 aromatic carbocycles. The molecule has 23 heavy (non-hydrogen) atoms. The minimum atomic E-state index is -0.318. The van der Waals surface area contributed by atoms with Crippen LogP contribution in [0.1, 0.15) is 16.8 Å². The van der Waals surface area contributed by atoms with Gasteiger partial charge in [-0.1, -0.05) is 30.3 Å². The standard InChI is InChI=1S/C18H16FN3O/c1-12-16(15-4-2-3-5-17(15)21-12)11-20-22-18(23)10-13-6-8-14(19)9-7-13/h2-9,11,21H,10H2,1H3,(H,22,23)/b20-11+. The number of rotatable bonds is 4. The molecule has 1 heterocycles. The van der Waals surface area contributed by atoms with Gasteiger partial charge >= 0.3 is 0 Å². The number of H-pyrrole nitrogens is 1. The van der Waals surface area contributed by atoms with E-state index in [1.165, 1.54) is 12.1 Å². The fourth-order valence-corrected chi connectivity index (χ4v) is 2.46. The molecule has 4 nitrogen and oxygen atoms in total. The van der Waals surface area contributed by atoms with Gasteiger partial charge in [0, 0.05) is 22.2 Å². The summed E-state index contributed by atoms with van der Waals surface area (Å²) in [6.45, 7) is 1.96. The topological polar surface area (TPSA) is 57.2 Å². The second kappa shape index (κ2) is 6.44. The van der Waals surface area contributed by atoms with Crippen LogP contribution in [-0.4, -0.2) is 17.1 Å².